The Labute approximate surface area is 185 Å². The predicted octanol–water partition coefficient (Wildman–Crippen LogP) is 3.04. The van der Waals surface area contributed by atoms with E-state index in [0.29, 0.717) is 11.3 Å². The molecule has 31 heavy (non-hydrogen) atoms. The van der Waals surface area contributed by atoms with Gasteiger partial charge in [-0.25, -0.2) is 14.0 Å². The number of rotatable bonds is 4. The summed E-state index contributed by atoms with van der Waals surface area (Å²) in [6, 6.07) is 2.39. The van der Waals surface area contributed by atoms with Crippen LogP contribution < -0.4 is 15.5 Å². The summed E-state index contributed by atoms with van der Waals surface area (Å²) in [7, 11) is 1.46. The first-order valence-electron chi connectivity index (χ1n) is 9.62. The molecule has 0 heterocycles. The minimum absolute atomic E-state index is 0.0142. The topological polar surface area (TPSA) is 97.0 Å². The minimum atomic E-state index is -0.743. The van der Waals surface area contributed by atoms with Crippen molar-refractivity contribution in [2.24, 2.45) is 0 Å². The molecular weight excluding hydrogens is 425 g/mol. The number of hydrogen-bond acceptors (Lipinski definition) is 6. The summed E-state index contributed by atoms with van der Waals surface area (Å²) in [6.07, 6.45) is -0.542. The first-order valence-corrected chi connectivity index (χ1v) is 10.0. The van der Waals surface area contributed by atoms with Crippen LogP contribution in [-0.4, -0.2) is 42.3 Å². The third-order valence-corrected chi connectivity index (χ3v) is 4.38. The average Bonchev–Trinajstić information content (AvgIpc) is 2.95. The Morgan fingerprint density at radius 3 is 2.45 bits per heavy atom. The Morgan fingerprint density at radius 2 is 1.90 bits per heavy atom. The van der Waals surface area contributed by atoms with Crippen LogP contribution in [-0.2, 0) is 25.5 Å². The number of benzene rings is 1. The van der Waals surface area contributed by atoms with Gasteiger partial charge in [-0.2, -0.15) is 0 Å². The molecule has 0 radical (unpaired) electrons. The molecule has 2 amide bonds. The lowest BCUT2D eigenvalue weighted by Crippen LogP contribution is -2.38. The highest BCUT2D eigenvalue weighted by atomic mass is 32.1. The SMILES string of the molecule is CCOC(=O)C1=C(NC(=S)NC(C)=O)Cc2c1cc(F)cc2N(C)C(=O)OC(C)(C)C. The molecule has 0 atom stereocenters. The highest BCUT2D eigenvalue weighted by Crippen LogP contribution is 2.39. The van der Waals surface area contributed by atoms with E-state index in [9.17, 15) is 18.8 Å². The maximum atomic E-state index is 14.5. The molecule has 8 nitrogen and oxygen atoms in total. The van der Waals surface area contributed by atoms with Crippen molar-refractivity contribution in [3.63, 3.8) is 0 Å². The van der Waals surface area contributed by atoms with Gasteiger partial charge in [0.1, 0.15) is 11.4 Å². The molecule has 0 spiro atoms. The second-order valence-electron chi connectivity index (χ2n) is 7.88. The van der Waals surface area contributed by atoms with Gasteiger partial charge in [0.2, 0.25) is 5.91 Å². The van der Waals surface area contributed by atoms with E-state index >= 15 is 0 Å². The Hall–Kier alpha value is -3.01. The molecule has 1 aromatic carbocycles. The van der Waals surface area contributed by atoms with Gasteiger partial charge >= 0.3 is 12.1 Å². The summed E-state index contributed by atoms with van der Waals surface area (Å²) >= 11 is 5.11. The molecule has 2 N–H and O–H groups in total. The molecule has 0 saturated heterocycles. The zero-order valence-electron chi connectivity index (χ0n) is 18.3. The molecule has 0 fully saturated rings. The van der Waals surface area contributed by atoms with Crippen LogP contribution in [0.2, 0.25) is 0 Å². The number of ether oxygens (including phenoxy) is 2. The molecule has 1 aromatic rings. The molecule has 1 aliphatic carbocycles. The van der Waals surface area contributed by atoms with Gasteiger partial charge in [-0.3, -0.25) is 9.69 Å². The normalized spacial score (nSPS) is 12.7. The molecule has 2 rings (SSSR count). The van der Waals surface area contributed by atoms with Crippen LogP contribution >= 0.6 is 12.2 Å². The predicted molar refractivity (Wildman–Crippen MR) is 118 cm³/mol. The van der Waals surface area contributed by atoms with E-state index in [-0.39, 0.29) is 40.9 Å². The largest absolute Gasteiger partial charge is 0.462 e. The molecule has 1 aliphatic rings. The number of fused-ring (bicyclic) bond motifs is 1. The van der Waals surface area contributed by atoms with Gasteiger partial charge in [-0.05, 0) is 63.2 Å². The number of esters is 1. The maximum absolute atomic E-state index is 14.5. The number of thiocarbonyl (C=S) groups is 1. The highest BCUT2D eigenvalue weighted by molar-refractivity contribution is 7.80. The second kappa shape index (κ2) is 9.42. The highest BCUT2D eigenvalue weighted by Gasteiger charge is 2.33. The van der Waals surface area contributed by atoms with Crippen LogP contribution in [0.15, 0.2) is 17.8 Å². The van der Waals surface area contributed by atoms with Crippen LogP contribution in [0.5, 0.6) is 0 Å². The summed E-state index contributed by atoms with van der Waals surface area (Å²) < 4.78 is 25.0. The van der Waals surface area contributed by atoms with E-state index in [2.05, 4.69) is 10.6 Å². The number of carbonyl (C=O) groups is 3. The number of nitrogens with one attached hydrogen (secondary N) is 2. The van der Waals surface area contributed by atoms with Gasteiger partial charge in [-0.1, -0.05) is 0 Å². The van der Waals surface area contributed by atoms with Crippen molar-refractivity contribution in [1.29, 1.82) is 0 Å². The zero-order chi connectivity index (χ0) is 23.5. The number of halogens is 1. The summed E-state index contributed by atoms with van der Waals surface area (Å²) in [5.41, 5.74) is 0.712. The molecule has 0 bridgehead atoms. The van der Waals surface area contributed by atoms with Crippen LogP contribution in [0.1, 0.15) is 45.7 Å². The maximum Gasteiger partial charge on any atom is 0.414 e. The van der Waals surface area contributed by atoms with Gasteiger partial charge in [0.05, 0.1) is 17.9 Å². The standard InChI is InChI=1S/C21H26FN3O5S/c1-7-29-18(27)17-14-8-12(22)9-16(25(6)20(28)30-21(3,4)5)13(14)10-15(17)24-19(31)23-11(2)26/h8-9H,7,10H2,1-6H3,(H2,23,24,26,31). The quantitative estimate of drug-likeness (QED) is 0.536. The summed E-state index contributed by atoms with van der Waals surface area (Å²) in [5.74, 6) is -1.70. The average molecular weight is 452 g/mol. The van der Waals surface area contributed by atoms with Crippen molar-refractivity contribution in [2.45, 2.75) is 46.6 Å². The molecule has 10 heteroatoms. The van der Waals surface area contributed by atoms with Crippen LogP contribution in [0.4, 0.5) is 14.9 Å². The van der Waals surface area contributed by atoms with E-state index in [1.165, 1.54) is 31.0 Å². The van der Waals surface area contributed by atoms with Crippen LogP contribution in [0.25, 0.3) is 5.57 Å². The smallest absolute Gasteiger partial charge is 0.414 e. The second-order valence-corrected chi connectivity index (χ2v) is 8.28. The van der Waals surface area contributed by atoms with Crippen molar-refractivity contribution >= 4 is 46.6 Å². The van der Waals surface area contributed by atoms with Crippen molar-refractivity contribution in [3.05, 3.63) is 34.8 Å². The van der Waals surface area contributed by atoms with Crippen LogP contribution in [0.3, 0.4) is 0 Å². The van der Waals surface area contributed by atoms with E-state index in [4.69, 9.17) is 21.7 Å². The molecule has 0 unspecified atom stereocenters. The Kier molecular flexibility index (Phi) is 7.37. The van der Waals surface area contributed by atoms with Gasteiger partial charge < -0.3 is 20.1 Å². The number of carbonyl (C=O) groups excluding carboxylic acids is 3. The van der Waals surface area contributed by atoms with E-state index in [0.717, 1.165) is 0 Å². The number of allylic oxidation sites excluding steroid dienone is 1. The van der Waals surface area contributed by atoms with Crippen molar-refractivity contribution < 1.29 is 28.2 Å². The number of anilines is 1. The van der Waals surface area contributed by atoms with E-state index in [1.807, 2.05) is 0 Å². The van der Waals surface area contributed by atoms with Gasteiger partial charge in [-0.15, -0.1) is 0 Å². The Morgan fingerprint density at radius 1 is 1.26 bits per heavy atom. The zero-order valence-corrected chi connectivity index (χ0v) is 19.2. The fourth-order valence-electron chi connectivity index (χ4n) is 3.06. The lowest BCUT2D eigenvalue weighted by molar-refractivity contribution is -0.136. The number of hydrogen-bond donors (Lipinski definition) is 2. The summed E-state index contributed by atoms with van der Waals surface area (Å²) in [4.78, 5) is 37.7. The third kappa shape index (κ3) is 6.00. The van der Waals surface area contributed by atoms with Crippen molar-refractivity contribution in [2.75, 3.05) is 18.6 Å². The van der Waals surface area contributed by atoms with Crippen molar-refractivity contribution in [3.8, 4) is 0 Å². The fraction of sp³-hybridized carbons (Fsp3) is 0.429. The minimum Gasteiger partial charge on any atom is -0.462 e. The first-order chi connectivity index (χ1) is 14.3. The number of nitrogens with zero attached hydrogens (tertiary/aromatic N) is 1. The molecule has 0 aliphatic heterocycles. The van der Waals surface area contributed by atoms with Crippen LogP contribution in [0, 0.1) is 5.82 Å². The van der Waals surface area contributed by atoms with E-state index in [1.54, 1.807) is 27.7 Å². The molecule has 168 valence electrons. The third-order valence-electron chi connectivity index (χ3n) is 4.18. The van der Waals surface area contributed by atoms with Gasteiger partial charge in [0.15, 0.2) is 5.11 Å². The van der Waals surface area contributed by atoms with Crippen molar-refractivity contribution in [1.82, 2.24) is 10.6 Å². The van der Waals surface area contributed by atoms with E-state index < -0.39 is 23.5 Å². The summed E-state index contributed by atoms with van der Waals surface area (Å²) in [5, 5.41) is 5.22. The van der Waals surface area contributed by atoms with Gasteiger partial charge in [0.25, 0.3) is 0 Å². The molecule has 0 saturated carbocycles. The molecule has 0 aromatic heterocycles. The first kappa shape index (κ1) is 24.3. The molecular formula is C21H26FN3O5S. The Bertz CT molecular complexity index is 968. The Balaban J connectivity index is 2.51. The number of amides is 2. The lowest BCUT2D eigenvalue weighted by Gasteiger charge is -2.26. The van der Waals surface area contributed by atoms with Gasteiger partial charge in [0, 0.05) is 26.1 Å². The summed E-state index contributed by atoms with van der Waals surface area (Å²) in [6.45, 7) is 8.22. The lowest BCUT2D eigenvalue weighted by atomic mass is 10.0. The fourth-order valence-corrected chi connectivity index (χ4v) is 3.33. The monoisotopic (exact) mass is 451 g/mol.